The fourth-order valence-electron chi connectivity index (χ4n) is 4.85. The zero-order valence-corrected chi connectivity index (χ0v) is 25.8. The van der Waals surface area contributed by atoms with Crippen molar-refractivity contribution in [1.82, 2.24) is 25.5 Å². The topological polar surface area (TPSA) is 167 Å². The van der Waals surface area contributed by atoms with Crippen molar-refractivity contribution in [2.45, 2.75) is 62.5 Å². The van der Waals surface area contributed by atoms with Crippen LogP contribution in [0.5, 0.6) is 0 Å². The molecule has 0 spiro atoms. The molecular formula is C32H37N7O5S. The number of carbonyl (C=O) groups is 2. The van der Waals surface area contributed by atoms with E-state index in [2.05, 4.69) is 26.2 Å². The molecule has 1 fully saturated rings. The maximum absolute atomic E-state index is 12.4. The molecule has 1 aliphatic heterocycles. The molecule has 1 aromatic heterocycles. The number of thioether (sulfide) groups is 1. The molecule has 236 valence electrons. The number of aromatic nitrogens is 4. The van der Waals surface area contributed by atoms with Gasteiger partial charge in [-0.15, -0.1) is 5.10 Å². The Hall–Kier alpha value is -4.30. The molecule has 12 nitrogen and oxygen atoms in total. The standard InChI is InChI=1S/C32H37N7O5S/c1-39-32(36-37-38-39)45-20-25-17-28(23-13-11-22(19-40)12-14-23)44-31(43-25)24-15-9-21(10-16-24)18-34-29(41)7-4-8-30(42)35-27-6-3-2-5-26(27)33/h2-3,5-6,9-16,25,28,31,40H,4,7-8,17-20,33H2,1H3,(H,34,41)(H,35,42)/t25-,28+,31+/m0/s1. The second kappa shape index (κ2) is 15.6. The van der Waals surface area contributed by atoms with Crippen molar-refractivity contribution in [3.63, 3.8) is 0 Å². The van der Waals surface area contributed by atoms with E-state index in [1.807, 2.05) is 48.5 Å². The Bertz CT molecular complexity index is 1560. The third kappa shape index (κ3) is 9.11. The summed E-state index contributed by atoms with van der Waals surface area (Å²) in [5, 5.41) is 27.5. The summed E-state index contributed by atoms with van der Waals surface area (Å²) in [7, 11) is 1.80. The Morgan fingerprint density at radius 1 is 0.978 bits per heavy atom. The highest BCUT2D eigenvalue weighted by Gasteiger charge is 2.32. The first kappa shape index (κ1) is 32.1. The molecule has 3 atom stereocenters. The van der Waals surface area contributed by atoms with E-state index < -0.39 is 6.29 Å². The van der Waals surface area contributed by atoms with Crippen LogP contribution in [0, 0.1) is 0 Å². The van der Waals surface area contributed by atoms with Crippen LogP contribution in [-0.4, -0.2) is 49.0 Å². The molecule has 0 bridgehead atoms. The summed E-state index contributed by atoms with van der Waals surface area (Å²) in [5.74, 6) is 0.337. The number of ether oxygens (including phenoxy) is 2. The number of amides is 2. The Morgan fingerprint density at radius 3 is 2.40 bits per heavy atom. The zero-order chi connectivity index (χ0) is 31.6. The highest BCUT2D eigenvalue weighted by Crippen LogP contribution is 2.39. The second-order valence-electron chi connectivity index (χ2n) is 10.8. The fourth-order valence-corrected chi connectivity index (χ4v) is 5.72. The number of nitrogen functional groups attached to an aromatic ring is 1. The smallest absolute Gasteiger partial charge is 0.224 e. The minimum atomic E-state index is -0.592. The number of aliphatic hydroxyl groups is 1. The van der Waals surface area contributed by atoms with Crippen LogP contribution in [-0.2, 0) is 39.3 Å². The number of tetrazole rings is 1. The van der Waals surface area contributed by atoms with Crippen LogP contribution in [0.2, 0.25) is 0 Å². The third-order valence-electron chi connectivity index (χ3n) is 7.38. The number of hydrogen-bond donors (Lipinski definition) is 4. The van der Waals surface area contributed by atoms with Gasteiger partial charge in [-0.2, -0.15) is 0 Å². The van der Waals surface area contributed by atoms with Gasteiger partial charge in [0.1, 0.15) is 0 Å². The van der Waals surface area contributed by atoms with Crippen LogP contribution in [0.25, 0.3) is 0 Å². The first-order valence-corrected chi connectivity index (χ1v) is 15.7. The number of hydrogen-bond acceptors (Lipinski definition) is 10. The van der Waals surface area contributed by atoms with Crippen molar-refractivity contribution in [3.8, 4) is 0 Å². The number of benzene rings is 3. The Kier molecular flexibility index (Phi) is 11.1. The molecule has 0 unspecified atom stereocenters. The van der Waals surface area contributed by atoms with E-state index in [9.17, 15) is 14.7 Å². The van der Waals surface area contributed by atoms with Crippen molar-refractivity contribution < 1.29 is 24.2 Å². The van der Waals surface area contributed by atoms with Crippen LogP contribution in [0.4, 0.5) is 11.4 Å². The molecule has 1 saturated heterocycles. The van der Waals surface area contributed by atoms with Crippen LogP contribution in [0.1, 0.15) is 60.3 Å². The Morgan fingerprint density at radius 2 is 1.69 bits per heavy atom. The molecule has 5 N–H and O–H groups in total. The second-order valence-corrected chi connectivity index (χ2v) is 11.7. The number of aryl methyl sites for hydroxylation is 1. The maximum atomic E-state index is 12.4. The molecular weight excluding hydrogens is 594 g/mol. The van der Waals surface area contributed by atoms with Gasteiger partial charge in [0, 0.05) is 44.2 Å². The van der Waals surface area contributed by atoms with Gasteiger partial charge in [-0.1, -0.05) is 72.4 Å². The summed E-state index contributed by atoms with van der Waals surface area (Å²) in [6.07, 6.45) is 0.620. The summed E-state index contributed by atoms with van der Waals surface area (Å²) in [4.78, 5) is 24.6. The van der Waals surface area contributed by atoms with Crippen LogP contribution in [0.15, 0.2) is 78.0 Å². The van der Waals surface area contributed by atoms with E-state index >= 15 is 0 Å². The van der Waals surface area contributed by atoms with E-state index in [-0.39, 0.29) is 43.5 Å². The molecule has 4 aromatic rings. The van der Waals surface area contributed by atoms with Crippen LogP contribution in [0.3, 0.4) is 0 Å². The largest absolute Gasteiger partial charge is 0.397 e. The lowest BCUT2D eigenvalue weighted by Crippen LogP contribution is -2.31. The lowest BCUT2D eigenvalue weighted by atomic mass is 10.0. The van der Waals surface area contributed by atoms with Gasteiger partial charge in [0.15, 0.2) is 6.29 Å². The lowest BCUT2D eigenvalue weighted by Gasteiger charge is -2.36. The van der Waals surface area contributed by atoms with Gasteiger partial charge in [0.05, 0.1) is 30.2 Å². The maximum Gasteiger partial charge on any atom is 0.224 e. The summed E-state index contributed by atoms with van der Waals surface area (Å²) in [6.45, 7) is 0.347. The number of nitrogens with two attached hydrogens (primary N) is 1. The van der Waals surface area contributed by atoms with Gasteiger partial charge in [-0.25, -0.2) is 4.68 Å². The van der Waals surface area contributed by atoms with Crippen molar-refractivity contribution in [2.24, 2.45) is 7.05 Å². The van der Waals surface area contributed by atoms with Crippen molar-refractivity contribution >= 4 is 35.0 Å². The number of carbonyl (C=O) groups excluding carboxylic acids is 2. The number of nitrogens with one attached hydrogen (secondary N) is 2. The van der Waals surface area contributed by atoms with Gasteiger partial charge in [-0.05, 0) is 45.7 Å². The number of para-hydroxylation sites is 2. The minimum absolute atomic E-state index is 0.0167. The van der Waals surface area contributed by atoms with E-state index in [0.717, 1.165) is 22.3 Å². The molecule has 0 saturated carbocycles. The average molecular weight is 632 g/mol. The molecule has 1 aliphatic rings. The van der Waals surface area contributed by atoms with Gasteiger partial charge in [0.25, 0.3) is 0 Å². The highest BCUT2D eigenvalue weighted by atomic mass is 32.2. The molecule has 45 heavy (non-hydrogen) atoms. The normalized spacial score (nSPS) is 18.0. The summed E-state index contributed by atoms with van der Waals surface area (Å²) < 4.78 is 14.4. The highest BCUT2D eigenvalue weighted by molar-refractivity contribution is 7.99. The lowest BCUT2D eigenvalue weighted by molar-refractivity contribution is -0.245. The molecule has 2 amide bonds. The molecule has 0 radical (unpaired) electrons. The molecule has 5 rings (SSSR count). The predicted molar refractivity (Wildman–Crippen MR) is 170 cm³/mol. The fraction of sp³-hybridized carbons (Fsp3) is 0.344. The molecule has 3 aromatic carbocycles. The van der Waals surface area contributed by atoms with Gasteiger partial charge in [0.2, 0.25) is 17.0 Å². The van der Waals surface area contributed by atoms with E-state index in [0.29, 0.717) is 41.7 Å². The first-order chi connectivity index (χ1) is 21.9. The molecule has 2 heterocycles. The van der Waals surface area contributed by atoms with Crippen molar-refractivity contribution in [1.29, 1.82) is 0 Å². The van der Waals surface area contributed by atoms with E-state index in [1.165, 1.54) is 11.8 Å². The monoisotopic (exact) mass is 631 g/mol. The number of nitrogens with zero attached hydrogens (tertiary/aromatic N) is 4. The van der Waals surface area contributed by atoms with Gasteiger partial charge in [-0.3, -0.25) is 9.59 Å². The SMILES string of the molecule is Cn1nnnc1SC[C@@H]1C[C@H](c2ccc(CO)cc2)O[C@H](c2ccc(CNC(=O)CCCC(=O)Nc3ccccc3N)cc2)O1. The quantitative estimate of drug-likeness (QED) is 0.125. The van der Waals surface area contributed by atoms with Crippen molar-refractivity contribution in [3.05, 3.63) is 95.1 Å². The van der Waals surface area contributed by atoms with E-state index in [4.69, 9.17) is 15.2 Å². The third-order valence-corrected chi connectivity index (χ3v) is 8.52. The Labute approximate surface area is 265 Å². The predicted octanol–water partition coefficient (Wildman–Crippen LogP) is 4.05. The van der Waals surface area contributed by atoms with Crippen LogP contribution < -0.4 is 16.4 Å². The summed E-state index contributed by atoms with van der Waals surface area (Å²) >= 11 is 1.53. The number of aliphatic hydroxyl groups excluding tert-OH is 1. The minimum Gasteiger partial charge on any atom is -0.397 e. The van der Waals surface area contributed by atoms with Crippen molar-refractivity contribution in [2.75, 3.05) is 16.8 Å². The first-order valence-electron chi connectivity index (χ1n) is 14.7. The Balaban J connectivity index is 1.13. The van der Waals surface area contributed by atoms with Gasteiger partial charge >= 0.3 is 0 Å². The summed E-state index contributed by atoms with van der Waals surface area (Å²) in [5.41, 5.74) is 10.6. The zero-order valence-electron chi connectivity index (χ0n) is 25.0. The number of anilines is 2. The van der Waals surface area contributed by atoms with E-state index in [1.54, 1.807) is 36.0 Å². The van der Waals surface area contributed by atoms with Gasteiger partial charge < -0.3 is 30.9 Å². The average Bonchev–Trinajstić information content (AvgIpc) is 3.48. The summed E-state index contributed by atoms with van der Waals surface area (Å²) in [6, 6.07) is 22.6. The molecule has 0 aliphatic carbocycles. The molecule has 13 heteroatoms. The number of rotatable bonds is 13. The van der Waals surface area contributed by atoms with Crippen LogP contribution >= 0.6 is 11.8 Å².